The maximum atomic E-state index is 15.0. The summed E-state index contributed by atoms with van der Waals surface area (Å²) in [5.41, 5.74) is -0.190. The zero-order chi connectivity index (χ0) is 30.4. The molecule has 9 nitrogen and oxygen atoms in total. The number of aromatic nitrogens is 3. The minimum atomic E-state index is -4.54. The van der Waals surface area contributed by atoms with Gasteiger partial charge in [-0.3, -0.25) is 9.78 Å². The molecule has 1 fully saturated rings. The average Bonchev–Trinajstić information content (AvgIpc) is 2.91. The Kier molecular flexibility index (Phi) is 10.6. The molecule has 0 aliphatic heterocycles. The topological polar surface area (TPSA) is 123 Å². The number of carboxylic acid groups (broad SMARTS) is 1. The molecular weight excluding hydrogens is 592 g/mol. The van der Waals surface area contributed by atoms with Crippen molar-refractivity contribution in [3.8, 4) is 5.75 Å². The van der Waals surface area contributed by atoms with Crippen LogP contribution in [-0.4, -0.2) is 66.1 Å². The lowest BCUT2D eigenvalue weighted by atomic mass is 9.79. The van der Waals surface area contributed by atoms with Gasteiger partial charge in [0.05, 0.1) is 16.5 Å². The molecule has 15 heteroatoms. The lowest BCUT2D eigenvalue weighted by Crippen LogP contribution is -2.46. The summed E-state index contributed by atoms with van der Waals surface area (Å²) in [5.74, 6) is -1.71. The zero-order valence-corrected chi connectivity index (χ0v) is 23.5. The van der Waals surface area contributed by atoms with Crippen molar-refractivity contribution in [1.82, 2.24) is 19.9 Å². The molecule has 0 spiro atoms. The highest BCUT2D eigenvalue weighted by atomic mass is 35.5. The Balaban J connectivity index is 0.00000147. The van der Waals surface area contributed by atoms with E-state index >= 15 is 0 Å². The second-order valence-corrected chi connectivity index (χ2v) is 11.8. The van der Waals surface area contributed by atoms with Crippen molar-refractivity contribution < 1.29 is 40.6 Å². The summed E-state index contributed by atoms with van der Waals surface area (Å²) in [7, 11) is -0.448. The number of alkyl halides is 3. The molecule has 2 heterocycles. The number of rotatable bonds is 7. The van der Waals surface area contributed by atoms with E-state index in [1.807, 2.05) is 19.0 Å². The van der Waals surface area contributed by atoms with Gasteiger partial charge in [-0.25, -0.2) is 22.8 Å². The van der Waals surface area contributed by atoms with Gasteiger partial charge in [-0.15, -0.1) is 0 Å². The fraction of sp³-hybridized carbons (Fsp3) is 0.385. The molecule has 0 saturated heterocycles. The maximum absolute atomic E-state index is 15.0. The molecule has 0 bridgehead atoms. The van der Waals surface area contributed by atoms with Gasteiger partial charge >= 0.3 is 6.18 Å². The minimum absolute atomic E-state index is 0.0104. The summed E-state index contributed by atoms with van der Waals surface area (Å²) in [4.78, 5) is 20.7. The van der Waals surface area contributed by atoms with Gasteiger partial charge in [0.15, 0.2) is 9.84 Å². The van der Waals surface area contributed by atoms with Gasteiger partial charge in [-0.05, 0) is 69.1 Å². The van der Waals surface area contributed by atoms with E-state index < -0.39 is 44.3 Å². The largest absolute Gasteiger partial charge is 0.487 e. The van der Waals surface area contributed by atoms with Gasteiger partial charge in [0, 0.05) is 24.5 Å². The monoisotopic (exact) mass is 618 g/mol. The lowest BCUT2D eigenvalue weighted by molar-refractivity contribution is -0.141. The molecule has 3 aromatic rings. The average molecular weight is 619 g/mol. The number of pyridine rings is 1. The minimum Gasteiger partial charge on any atom is -0.487 e. The Bertz CT molecular complexity index is 1450. The van der Waals surface area contributed by atoms with Crippen LogP contribution in [0.25, 0.3) is 0 Å². The predicted molar refractivity (Wildman–Crippen MR) is 141 cm³/mol. The second-order valence-electron chi connectivity index (χ2n) is 9.45. The first kappa shape index (κ1) is 32.2. The fourth-order valence-corrected chi connectivity index (χ4v) is 6.28. The van der Waals surface area contributed by atoms with Crippen LogP contribution in [0.3, 0.4) is 0 Å². The fourth-order valence-electron chi connectivity index (χ4n) is 4.64. The van der Waals surface area contributed by atoms with Crippen molar-refractivity contribution in [2.24, 2.45) is 0 Å². The normalized spacial score (nSPS) is 19.3. The number of hydrogen-bond donors (Lipinski definition) is 1. The molecule has 1 aliphatic rings. The van der Waals surface area contributed by atoms with Gasteiger partial charge in [0.25, 0.3) is 6.47 Å². The van der Waals surface area contributed by atoms with Crippen LogP contribution in [0.5, 0.6) is 5.75 Å². The number of likely N-dealkylation sites (N-methyl/N-ethyl adjacent to an activating group) is 1. The van der Waals surface area contributed by atoms with E-state index in [1.54, 1.807) is 6.07 Å². The van der Waals surface area contributed by atoms with Gasteiger partial charge in [0.1, 0.15) is 34.6 Å². The smallest absolute Gasteiger partial charge is 0.433 e. The third-order valence-electron chi connectivity index (χ3n) is 6.54. The number of sulfone groups is 1. The second kappa shape index (κ2) is 13.5. The van der Waals surface area contributed by atoms with Gasteiger partial charge in [0.2, 0.25) is 0 Å². The molecule has 2 aromatic heterocycles. The summed E-state index contributed by atoms with van der Waals surface area (Å²) in [6.45, 7) is -0.250. The van der Waals surface area contributed by atoms with E-state index in [-0.39, 0.29) is 34.9 Å². The highest BCUT2D eigenvalue weighted by Crippen LogP contribution is 2.40. The molecular formula is C26H27ClF4N4O5S. The number of hydrogen-bond acceptors (Lipinski definition) is 8. The van der Waals surface area contributed by atoms with Crippen molar-refractivity contribution in [1.29, 1.82) is 0 Å². The van der Waals surface area contributed by atoms with E-state index in [0.717, 1.165) is 24.4 Å². The van der Waals surface area contributed by atoms with Crippen molar-refractivity contribution in [2.75, 3.05) is 14.1 Å². The standard InChI is InChI=1S/C25H25ClF4N4O3S.CH2O2/c1-34(2)20-9-15(16-5-8-32-24(10-16)25(28,29)30)3-4-21(20)37-22-12-19(27)23(11-18(22)26)38(35,36)13-17-6-7-31-14-33-17;2-1-3/h5-8,10-12,14-15,20-21H,3-4,9,13H2,1-2H3;1H,(H,2,3)/t15-,20-,21-;/m0./s1. The summed E-state index contributed by atoms with van der Waals surface area (Å²) in [6.07, 6.45) is 0.240. The Morgan fingerprint density at radius 2 is 1.85 bits per heavy atom. The molecule has 0 unspecified atom stereocenters. The molecule has 222 valence electrons. The van der Waals surface area contributed by atoms with E-state index in [0.29, 0.717) is 24.8 Å². The molecule has 1 aromatic carbocycles. The SMILES string of the molecule is CN(C)[C@H]1C[C@@H](c2ccnc(C(F)(F)F)c2)CC[C@@H]1Oc1cc(F)c(S(=O)(=O)Cc2ccncn2)cc1Cl.O=CO. The molecule has 4 rings (SSSR count). The van der Waals surface area contributed by atoms with Crippen molar-refractivity contribution in [3.05, 3.63) is 76.8 Å². The Hall–Kier alpha value is -3.36. The number of benzene rings is 1. The van der Waals surface area contributed by atoms with E-state index in [1.165, 1.54) is 18.6 Å². The Morgan fingerprint density at radius 1 is 1.15 bits per heavy atom. The first-order chi connectivity index (χ1) is 19.3. The van der Waals surface area contributed by atoms with Gasteiger partial charge in [-0.2, -0.15) is 13.2 Å². The number of ether oxygens (including phenoxy) is 1. The molecule has 3 atom stereocenters. The van der Waals surface area contributed by atoms with Crippen LogP contribution in [-0.2, 0) is 26.6 Å². The van der Waals surface area contributed by atoms with Crippen LogP contribution in [0.2, 0.25) is 5.02 Å². The summed E-state index contributed by atoms with van der Waals surface area (Å²) < 4.78 is 86.1. The third kappa shape index (κ3) is 8.33. The number of carbonyl (C=O) groups is 1. The Morgan fingerprint density at radius 3 is 2.46 bits per heavy atom. The van der Waals surface area contributed by atoms with E-state index in [2.05, 4.69) is 15.0 Å². The van der Waals surface area contributed by atoms with E-state index in [4.69, 9.17) is 26.2 Å². The van der Waals surface area contributed by atoms with Crippen LogP contribution in [0.4, 0.5) is 17.6 Å². The van der Waals surface area contributed by atoms with Crippen LogP contribution in [0.15, 0.2) is 53.9 Å². The highest BCUT2D eigenvalue weighted by molar-refractivity contribution is 7.90. The third-order valence-corrected chi connectivity index (χ3v) is 8.50. The zero-order valence-electron chi connectivity index (χ0n) is 21.9. The van der Waals surface area contributed by atoms with Crippen LogP contribution in [0.1, 0.15) is 42.1 Å². The molecule has 1 saturated carbocycles. The molecule has 1 N–H and O–H groups in total. The van der Waals surface area contributed by atoms with Crippen molar-refractivity contribution >= 4 is 27.9 Å². The molecule has 1 aliphatic carbocycles. The first-order valence-corrected chi connectivity index (χ1v) is 14.2. The highest BCUT2D eigenvalue weighted by Gasteiger charge is 2.37. The first-order valence-electron chi connectivity index (χ1n) is 12.2. The quantitative estimate of drug-likeness (QED) is 0.288. The number of nitrogens with zero attached hydrogens (tertiary/aromatic N) is 4. The van der Waals surface area contributed by atoms with Crippen LogP contribution >= 0.6 is 11.6 Å². The van der Waals surface area contributed by atoms with Crippen LogP contribution < -0.4 is 4.74 Å². The number of halogens is 5. The predicted octanol–water partition coefficient (Wildman–Crippen LogP) is 5.00. The van der Waals surface area contributed by atoms with Gasteiger partial charge in [-0.1, -0.05) is 11.6 Å². The van der Waals surface area contributed by atoms with Crippen molar-refractivity contribution in [2.45, 2.75) is 54.2 Å². The molecule has 0 radical (unpaired) electrons. The molecule has 0 amide bonds. The Labute approximate surface area is 239 Å². The van der Waals surface area contributed by atoms with Gasteiger partial charge < -0.3 is 14.7 Å². The summed E-state index contributed by atoms with van der Waals surface area (Å²) in [6, 6.07) is 5.83. The maximum Gasteiger partial charge on any atom is 0.433 e. The lowest BCUT2D eigenvalue weighted by Gasteiger charge is -2.40. The van der Waals surface area contributed by atoms with Crippen LogP contribution in [0, 0.1) is 5.82 Å². The van der Waals surface area contributed by atoms with Crippen molar-refractivity contribution in [3.63, 3.8) is 0 Å². The summed E-state index contributed by atoms with van der Waals surface area (Å²) >= 11 is 6.33. The molecule has 41 heavy (non-hydrogen) atoms. The summed E-state index contributed by atoms with van der Waals surface area (Å²) in [5, 5.41) is 6.82. The van der Waals surface area contributed by atoms with E-state index in [9.17, 15) is 26.0 Å².